The van der Waals surface area contributed by atoms with Crippen molar-refractivity contribution in [2.24, 2.45) is 0 Å². The van der Waals surface area contributed by atoms with Crippen molar-refractivity contribution < 1.29 is 4.79 Å². The second-order valence-corrected chi connectivity index (χ2v) is 4.85. The van der Waals surface area contributed by atoms with Crippen LogP contribution in [0.5, 0.6) is 0 Å². The van der Waals surface area contributed by atoms with E-state index < -0.39 is 0 Å². The van der Waals surface area contributed by atoms with Gasteiger partial charge in [-0.05, 0) is 35.4 Å². The minimum atomic E-state index is -0.0531. The minimum Gasteiger partial charge on any atom is -0.290 e. The Labute approximate surface area is 129 Å². The van der Waals surface area contributed by atoms with Gasteiger partial charge in [0.2, 0.25) is 0 Å². The lowest BCUT2D eigenvalue weighted by Crippen LogP contribution is -1.83. The zero-order valence-electron chi connectivity index (χ0n) is 11.4. The van der Waals surface area contributed by atoms with Gasteiger partial charge in [0, 0.05) is 5.02 Å². The zero-order valence-corrected chi connectivity index (χ0v) is 12.2. The summed E-state index contributed by atoms with van der Waals surface area (Å²) in [5.74, 6) is -0.0531. The molecule has 0 bridgehead atoms. The normalized spacial score (nSPS) is 11.7. The summed E-state index contributed by atoms with van der Waals surface area (Å²) >= 11 is 5.80. The van der Waals surface area contributed by atoms with Gasteiger partial charge < -0.3 is 0 Å². The topological polar surface area (TPSA) is 17.1 Å². The SMILES string of the molecule is O=C(/C=C/C=C/c1ccccc1)/C=C/c1ccc(Cl)cc1. The molecule has 2 rings (SSSR count). The zero-order chi connectivity index (χ0) is 14.9. The van der Waals surface area contributed by atoms with E-state index in [0.717, 1.165) is 11.1 Å². The van der Waals surface area contributed by atoms with Crippen molar-refractivity contribution in [1.29, 1.82) is 0 Å². The molecule has 2 aromatic carbocycles. The molecule has 0 N–H and O–H groups in total. The van der Waals surface area contributed by atoms with Crippen LogP contribution in [-0.2, 0) is 4.79 Å². The molecule has 21 heavy (non-hydrogen) atoms. The number of halogens is 1. The third kappa shape index (κ3) is 5.64. The van der Waals surface area contributed by atoms with Crippen molar-refractivity contribution in [3.05, 3.63) is 95.1 Å². The molecule has 0 aliphatic rings. The molecule has 0 saturated heterocycles. The van der Waals surface area contributed by atoms with Crippen LogP contribution in [0.3, 0.4) is 0 Å². The van der Waals surface area contributed by atoms with Crippen LogP contribution in [-0.4, -0.2) is 5.78 Å². The first kappa shape index (κ1) is 15.0. The molecule has 0 atom stereocenters. The second kappa shape index (κ2) is 8.03. The highest BCUT2D eigenvalue weighted by Crippen LogP contribution is 2.10. The van der Waals surface area contributed by atoms with Crippen LogP contribution < -0.4 is 0 Å². The number of allylic oxidation sites excluding steroid dienone is 4. The van der Waals surface area contributed by atoms with Crippen LogP contribution in [0.1, 0.15) is 11.1 Å². The first-order valence-corrected chi connectivity index (χ1v) is 6.99. The Morgan fingerprint density at radius 1 is 0.762 bits per heavy atom. The van der Waals surface area contributed by atoms with Crippen LogP contribution in [0.15, 0.2) is 78.9 Å². The number of hydrogen-bond acceptors (Lipinski definition) is 1. The van der Waals surface area contributed by atoms with E-state index in [4.69, 9.17) is 11.6 Å². The number of rotatable bonds is 5. The molecule has 0 amide bonds. The van der Waals surface area contributed by atoms with Crippen molar-refractivity contribution in [1.82, 2.24) is 0 Å². The molecule has 0 aliphatic carbocycles. The molecule has 2 heteroatoms. The highest BCUT2D eigenvalue weighted by molar-refractivity contribution is 6.30. The van der Waals surface area contributed by atoms with Gasteiger partial charge in [0.15, 0.2) is 5.78 Å². The largest absolute Gasteiger partial charge is 0.290 e. The maximum atomic E-state index is 11.7. The fraction of sp³-hybridized carbons (Fsp3) is 0. The van der Waals surface area contributed by atoms with Crippen LogP contribution in [0.2, 0.25) is 5.02 Å². The highest BCUT2D eigenvalue weighted by atomic mass is 35.5. The summed E-state index contributed by atoms with van der Waals surface area (Å²) in [6, 6.07) is 17.3. The van der Waals surface area contributed by atoms with E-state index in [1.165, 1.54) is 12.2 Å². The Morgan fingerprint density at radius 2 is 1.43 bits per heavy atom. The van der Waals surface area contributed by atoms with Gasteiger partial charge in [0.25, 0.3) is 0 Å². The highest BCUT2D eigenvalue weighted by Gasteiger charge is 1.90. The van der Waals surface area contributed by atoms with Crippen molar-refractivity contribution >= 4 is 29.5 Å². The molecule has 0 spiro atoms. The number of carbonyl (C=O) groups excluding carboxylic acids is 1. The summed E-state index contributed by atoms with van der Waals surface area (Å²) in [5.41, 5.74) is 2.05. The van der Waals surface area contributed by atoms with Gasteiger partial charge in [-0.2, -0.15) is 0 Å². The van der Waals surface area contributed by atoms with E-state index in [0.29, 0.717) is 5.02 Å². The predicted molar refractivity (Wildman–Crippen MR) is 90.1 cm³/mol. The Hall–Kier alpha value is -2.38. The standard InChI is InChI=1S/C19H15ClO/c20-18-13-10-17(11-14-18)12-15-19(21)9-5-4-8-16-6-2-1-3-7-16/h1-15H/b8-4+,9-5+,15-12+. The van der Waals surface area contributed by atoms with Crippen molar-refractivity contribution in [3.8, 4) is 0 Å². The fourth-order valence-electron chi connectivity index (χ4n) is 1.69. The van der Waals surface area contributed by atoms with E-state index in [1.807, 2.05) is 54.6 Å². The summed E-state index contributed by atoms with van der Waals surface area (Å²) in [7, 11) is 0. The summed E-state index contributed by atoms with van der Waals surface area (Å²) in [5, 5.41) is 0.685. The lowest BCUT2D eigenvalue weighted by molar-refractivity contribution is -0.110. The quantitative estimate of drug-likeness (QED) is 0.548. The maximum Gasteiger partial charge on any atom is 0.178 e. The smallest absolute Gasteiger partial charge is 0.178 e. The molecule has 0 unspecified atom stereocenters. The van der Waals surface area contributed by atoms with Crippen molar-refractivity contribution in [2.45, 2.75) is 0 Å². The average molecular weight is 295 g/mol. The fourth-order valence-corrected chi connectivity index (χ4v) is 1.82. The molecule has 2 aromatic rings. The van der Waals surface area contributed by atoms with E-state index >= 15 is 0 Å². The Morgan fingerprint density at radius 3 is 2.14 bits per heavy atom. The van der Waals surface area contributed by atoms with Gasteiger partial charge in [-0.15, -0.1) is 0 Å². The number of ketones is 1. The van der Waals surface area contributed by atoms with Crippen molar-refractivity contribution in [2.75, 3.05) is 0 Å². The number of hydrogen-bond donors (Lipinski definition) is 0. The molecular weight excluding hydrogens is 280 g/mol. The van der Waals surface area contributed by atoms with Gasteiger partial charge in [-0.3, -0.25) is 4.79 Å². The van der Waals surface area contributed by atoms with Crippen molar-refractivity contribution in [3.63, 3.8) is 0 Å². The second-order valence-electron chi connectivity index (χ2n) is 4.42. The lowest BCUT2D eigenvalue weighted by atomic mass is 10.2. The Bertz CT molecular complexity index is 664. The first-order valence-electron chi connectivity index (χ1n) is 6.61. The van der Waals surface area contributed by atoms with Gasteiger partial charge >= 0.3 is 0 Å². The number of benzene rings is 2. The van der Waals surface area contributed by atoms with Gasteiger partial charge in [0.1, 0.15) is 0 Å². The van der Waals surface area contributed by atoms with Gasteiger partial charge in [-0.1, -0.05) is 78.4 Å². The van der Waals surface area contributed by atoms with Crippen LogP contribution in [0.25, 0.3) is 12.2 Å². The van der Waals surface area contributed by atoms with E-state index in [-0.39, 0.29) is 5.78 Å². The third-order valence-electron chi connectivity index (χ3n) is 2.77. The first-order chi connectivity index (χ1) is 10.2. The average Bonchev–Trinajstić information content (AvgIpc) is 2.52. The summed E-state index contributed by atoms with van der Waals surface area (Å²) in [6.07, 6.45) is 10.4. The Kier molecular flexibility index (Phi) is 5.74. The van der Waals surface area contributed by atoms with E-state index in [1.54, 1.807) is 24.3 Å². The predicted octanol–water partition coefficient (Wildman–Crippen LogP) is 5.19. The summed E-state index contributed by atoms with van der Waals surface area (Å²) in [6.45, 7) is 0. The Balaban J connectivity index is 1.88. The molecule has 0 aromatic heterocycles. The molecule has 0 aliphatic heterocycles. The van der Waals surface area contributed by atoms with E-state index in [9.17, 15) is 4.79 Å². The molecule has 0 saturated carbocycles. The molecular formula is C19H15ClO. The molecule has 104 valence electrons. The molecule has 0 fully saturated rings. The minimum absolute atomic E-state index is 0.0531. The van der Waals surface area contributed by atoms with Gasteiger partial charge in [-0.25, -0.2) is 0 Å². The lowest BCUT2D eigenvalue weighted by Gasteiger charge is -1.92. The molecule has 1 nitrogen and oxygen atoms in total. The summed E-state index contributed by atoms with van der Waals surface area (Å²) < 4.78 is 0. The molecule has 0 radical (unpaired) electrons. The third-order valence-corrected chi connectivity index (χ3v) is 3.02. The van der Waals surface area contributed by atoms with Crippen LogP contribution >= 0.6 is 11.6 Å². The monoisotopic (exact) mass is 294 g/mol. The molecule has 0 heterocycles. The maximum absolute atomic E-state index is 11.7. The number of carbonyl (C=O) groups is 1. The van der Waals surface area contributed by atoms with Crippen LogP contribution in [0.4, 0.5) is 0 Å². The summed E-state index contributed by atoms with van der Waals surface area (Å²) in [4.78, 5) is 11.7. The van der Waals surface area contributed by atoms with Crippen LogP contribution in [0, 0.1) is 0 Å². The van der Waals surface area contributed by atoms with Gasteiger partial charge in [0.05, 0.1) is 0 Å². The van der Waals surface area contributed by atoms with E-state index in [2.05, 4.69) is 0 Å².